The van der Waals surface area contributed by atoms with E-state index in [2.05, 4.69) is 25.4 Å². The molecule has 0 radical (unpaired) electrons. The number of carbonyl (C=O) groups is 1. The summed E-state index contributed by atoms with van der Waals surface area (Å²) in [4.78, 5) is 36.3. The predicted molar refractivity (Wildman–Crippen MR) is 173 cm³/mol. The third-order valence-electron chi connectivity index (χ3n) is 8.66. The van der Waals surface area contributed by atoms with Gasteiger partial charge in [-0.25, -0.2) is 28.4 Å². The number of amides is 1. The van der Waals surface area contributed by atoms with Crippen LogP contribution in [0.5, 0.6) is 0 Å². The van der Waals surface area contributed by atoms with Crippen LogP contribution in [0, 0.1) is 11.6 Å². The summed E-state index contributed by atoms with van der Waals surface area (Å²) in [5.41, 5.74) is 10.9. The Morgan fingerprint density at radius 1 is 1.09 bits per heavy atom. The van der Waals surface area contributed by atoms with E-state index >= 15 is 0 Å². The van der Waals surface area contributed by atoms with Gasteiger partial charge in [0, 0.05) is 61.8 Å². The Balaban J connectivity index is 1.29. The number of carbonyl (C=O) groups excluding carboxylic acids is 1. The highest BCUT2D eigenvalue weighted by atomic mass is 19.1. The fraction of sp³-hybridized carbons (Fsp3) is 0.273. The minimum atomic E-state index is -0.769. The monoisotopic (exact) mass is 622 g/mol. The van der Waals surface area contributed by atoms with Crippen molar-refractivity contribution >= 4 is 40.0 Å². The van der Waals surface area contributed by atoms with Crippen LogP contribution in [0.1, 0.15) is 24.8 Å². The minimum Gasteiger partial charge on any atom is -0.398 e. The van der Waals surface area contributed by atoms with Crippen LogP contribution in [0.4, 0.5) is 26.1 Å². The molecule has 5 heterocycles. The van der Waals surface area contributed by atoms with Gasteiger partial charge in [0.1, 0.15) is 35.5 Å². The van der Waals surface area contributed by atoms with Gasteiger partial charge in [-0.3, -0.25) is 9.79 Å². The third-order valence-corrected chi connectivity index (χ3v) is 8.66. The summed E-state index contributed by atoms with van der Waals surface area (Å²) in [7, 11) is 3.56. The third kappa shape index (κ3) is 5.17. The number of nitrogens with two attached hydrogens (primary N) is 1. The zero-order valence-electron chi connectivity index (χ0n) is 25.4. The molecule has 4 bridgehead atoms. The van der Waals surface area contributed by atoms with E-state index < -0.39 is 17.7 Å². The molecule has 7 rings (SSSR count). The van der Waals surface area contributed by atoms with Gasteiger partial charge >= 0.3 is 0 Å². The summed E-state index contributed by atoms with van der Waals surface area (Å²) in [5, 5.41) is 8.45. The lowest BCUT2D eigenvalue weighted by atomic mass is 9.95. The normalized spacial score (nSPS) is 19.6. The molecule has 0 spiro atoms. The molecule has 2 aromatic carbocycles. The number of fused-ring (bicyclic) bond motifs is 7. The quantitative estimate of drug-likeness (QED) is 0.276. The molecule has 2 aliphatic rings. The van der Waals surface area contributed by atoms with Crippen LogP contribution in [0.2, 0.25) is 0 Å². The Hall–Kier alpha value is -5.46. The van der Waals surface area contributed by atoms with Crippen LogP contribution in [0.3, 0.4) is 0 Å². The lowest BCUT2D eigenvalue weighted by Crippen LogP contribution is -2.45. The van der Waals surface area contributed by atoms with Crippen molar-refractivity contribution in [1.29, 1.82) is 0 Å². The first-order valence-corrected chi connectivity index (χ1v) is 15.1. The molecule has 5 aromatic rings. The number of pyridine rings is 1. The second-order valence-corrected chi connectivity index (χ2v) is 11.5. The van der Waals surface area contributed by atoms with E-state index in [9.17, 15) is 13.6 Å². The van der Waals surface area contributed by atoms with Crippen molar-refractivity contribution in [2.75, 3.05) is 43.1 Å². The first-order chi connectivity index (χ1) is 22.3. The van der Waals surface area contributed by atoms with Crippen LogP contribution >= 0.6 is 0 Å². The maximum Gasteiger partial charge on any atom is 0.245 e. The molecule has 11 nitrogen and oxygen atoms in total. The number of nitrogen functional groups attached to an aromatic ring is 1. The number of aromatic nitrogens is 5. The molecule has 3 aromatic heterocycles. The van der Waals surface area contributed by atoms with Gasteiger partial charge in [0.05, 0.1) is 17.3 Å². The summed E-state index contributed by atoms with van der Waals surface area (Å²) in [6.45, 7) is 0.948. The molecule has 2 aliphatic heterocycles. The van der Waals surface area contributed by atoms with E-state index in [0.29, 0.717) is 60.7 Å². The predicted octanol–water partition coefficient (Wildman–Crippen LogP) is 4.47. The van der Waals surface area contributed by atoms with E-state index in [0.717, 1.165) is 28.6 Å². The van der Waals surface area contributed by atoms with Crippen molar-refractivity contribution in [3.63, 3.8) is 0 Å². The average Bonchev–Trinajstić information content (AvgIpc) is 3.67. The zero-order chi connectivity index (χ0) is 31.9. The van der Waals surface area contributed by atoms with E-state index in [-0.39, 0.29) is 17.6 Å². The highest BCUT2D eigenvalue weighted by molar-refractivity contribution is 6.09. The standard InChI is InChI=1S/C33H32F2N10O/c1-37-26-9-5-13-43(2)33(46)28-15-20(41-29-10-4-8-25(42-29)21-6-3-7-24(36)30(21)26)17-44(28)31-22-16-40-45(32(22)39-18-38-31)27-12-11-19(34)14-23(27)35/h3-4,6-8,10-12,14,16,18,20,28H,5,9,13,15,17,36H2,1-2H3,(H,41,42). The number of nitrogens with zero attached hydrogens (tertiary/aromatic N) is 8. The summed E-state index contributed by atoms with van der Waals surface area (Å²) in [6, 6.07) is 14.2. The van der Waals surface area contributed by atoms with Gasteiger partial charge in [0.2, 0.25) is 5.91 Å². The molecule has 3 N–H and O–H groups in total. The number of rotatable bonds is 2. The zero-order valence-corrected chi connectivity index (χ0v) is 25.4. The summed E-state index contributed by atoms with van der Waals surface area (Å²) < 4.78 is 29.7. The summed E-state index contributed by atoms with van der Waals surface area (Å²) in [5.74, 6) is -0.349. The van der Waals surface area contributed by atoms with Crippen molar-refractivity contribution in [2.45, 2.75) is 31.3 Å². The lowest BCUT2D eigenvalue weighted by molar-refractivity contribution is -0.131. The molecular weight excluding hydrogens is 590 g/mol. The Kier molecular flexibility index (Phi) is 7.51. The minimum absolute atomic E-state index is 0.0556. The van der Waals surface area contributed by atoms with Crippen molar-refractivity contribution in [1.82, 2.24) is 29.6 Å². The van der Waals surface area contributed by atoms with Crippen molar-refractivity contribution in [3.8, 4) is 16.9 Å². The topological polar surface area (TPSA) is 130 Å². The van der Waals surface area contributed by atoms with Gasteiger partial charge < -0.3 is 20.9 Å². The van der Waals surface area contributed by atoms with Crippen LogP contribution in [0.25, 0.3) is 28.0 Å². The second-order valence-electron chi connectivity index (χ2n) is 11.5. The van der Waals surface area contributed by atoms with Crippen LogP contribution in [-0.2, 0) is 4.79 Å². The van der Waals surface area contributed by atoms with E-state index in [1.807, 2.05) is 41.3 Å². The van der Waals surface area contributed by atoms with Gasteiger partial charge in [0.15, 0.2) is 11.5 Å². The average molecular weight is 623 g/mol. The van der Waals surface area contributed by atoms with Gasteiger partial charge in [0.25, 0.3) is 0 Å². The van der Waals surface area contributed by atoms with Crippen LogP contribution < -0.4 is 16.0 Å². The maximum absolute atomic E-state index is 14.7. The molecule has 1 fully saturated rings. The number of anilines is 3. The van der Waals surface area contributed by atoms with E-state index in [1.165, 1.54) is 23.1 Å². The highest BCUT2D eigenvalue weighted by Crippen LogP contribution is 2.34. The van der Waals surface area contributed by atoms with E-state index in [1.54, 1.807) is 25.2 Å². The summed E-state index contributed by atoms with van der Waals surface area (Å²) in [6.07, 6.45) is 4.71. The summed E-state index contributed by atoms with van der Waals surface area (Å²) >= 11 is 0. The van der Waals surface area contributed by atoms with Gasteiger partial charge in [-0.15, -0.1) is 0 Å². The molecule has 2 unspecified atom stereocenters. The fourth-order valence-electron chi connectivity index (χ4n) is 6.48. The number of likely N-dealkylation sites (N-methyl/N-ethyl adjacent to an activating group) is 1. The van der Waals surface area contributed by atoms with Crippen molar-refractivity contribution in [2.24, 2.45) is 4.99 Å². The highest BCUT2D eigenvalue weighted by Gasteiger charge is 2.40. The molecular formula is C33H32F2N10O. The van der Waals surface area contributed by atoms with Gasteiger partial charge in [-0.2, -0.15) is 5.10 Å². The second kappa shape index (κ2) is 11.8. The smallest absolute Gasteiger partial charge is 0.245 e. The van der Waals surface area contributed by atoms with Crippen LogP contribution in [-0.4, -0.2) is 80.5 Å². The number of halogens is 2. The Morgan fingerprint density at radius 2 is 1.93 bits per heavy atom. The van der Waals surface area contributed by atoms with Crippen molar-refractivity contribution < 1.29 is 13.6 Å². The molecule has 46 heavy (non-hydrogen) atoms. The van der Waals surface area contributed by atoms with E-state index in [4.69, 9.17) is 10.7 Å². The largest absolute Gasteiger partial charge is 0.398 e. The number of nitrogens with one attached hydrogen (secondary N) is 1. The molecule has 1 amide bonds. The first kappa shape index (κ1) is 29.3. The van der Waals surface area contributed by atoms with Gasteiger partial charge in [-0.05, 0) is 49.6 Å². The van der Waals surface area contributed by atoms with Crippen LogP contribution in [0.15, 0.2) is 72.1 Å². The molecule has 13 heteroatoms. The van der Waals surface area contributed by atoms with Gasteiger partial charge in [-0.1, -0.05) is 18.2 Å². The number of hydrogen-bond acceptors (Lipinski definition) is 9. The molecule has 1 saturated heterocycles. The fourth-order valence-corrected chi connectivity index (χ4v) is 6.48. The first-order valence-electron chi connectivity index (χ1n) is 15.1. The number of aliphatic imine (C=N–C) groups is 1. The lowest BCUT2D eigenvalue weighted by Gasteiger charge is -2.29. The maximum atomic E-state index is 14.7. The van der Waals surface area contributed by atoms with Crippen molar-refractivity contribution in [3.05, 3.63) is 84.3 Å². The number of hydrogen-bond donors (Lipinski definition) is 2. The Bertz CT molecular complexity index is 1990. The molecule has 0 aliphatic carbocycles. The molecule has 234 valence electrons. The Labute approximate surface area is 263 Å². The molecule has 2 atom stereocenters. The number of benzene rings is 2. The Morgan fingerprint density at radius 3 is 2.76 bits per heavy atom. The molecule has 0 saturated carbocycles. The SMILES string of the molecule is CN=C1CCCN(C)C(=O)C2CC(CN2c2ncnc3c2cnn3-c2ccc(F)cc2F)Nc2cccc(n2)-c2cccc(N)c21.